The molecule has 8 heteroatoms. The van der Waals surface area contributed by atoms with Gasteiger partial charge in [-0.3, -0.25) is 19.2 Å². The Labute approximate surface area is 187 Å². The van der Waals surface area contributed by atoms with Gasteiger partial charge in [0.1, 0.15) is 12.2 Å². The summed E-state index contributed by atoms with van der Waals surface area (Å²) in [6, 6.07) is 0. The summed E-state index contributed by atoms with van der Waals surface area (Å²) in [5.74, 6) is -3.04. The van der Waals surface area contributed by atoms with Crippen molar-refractivity contribution in [2.45, 2.75) is 85.2 Å². The minimum atomic E-state index is -1.44. The van der Waals surface area contributed by atoms with E-state index in [0.717, 1.165) is 0 Å². The van der Waals surface area contributed by atoms with E-state index in [4.69, 9.17) is 9.47 Å². The highest BCUT2D eigenvalue weighted by Gasteiger charge is 2.55. The molecule has 3 aliphatic rings. The fraction of sp³-hybridized carbons (Fsp3) is 0.667. The molecular weight excluding hydrogens is 416 g/mol. The number of hydrogen-bond donors (Lipinski definition) is 2. The van der Waals surface area contributed by atoms with E-state index in [1.54, 1.807) is 26.8 Å². The molecule has 0 radical (unpaired) electrons. The number of carbonyl (C=O) groups is 4. The molecule has 0 amide bonds. The highest BCUT2D eigenvalue weighted by molar-refractivity contribution is 6.45. The van der Waals surface area contributed by atoms with Gasteiger partial charge in [-0.15, -0.1) is 0 Å². The summed E-state index contributed by atoms with van der Waals surface area (Å²) in [4.78, 5) is 50.9. The van der Waals surface area contributed by atoms with E-state index >= 15 is 0 Å². The van der Waals surface area contributed by atoms with E-state index in [9.17, 15) is 29.4 Å². The predicted octanol–water partition coefficient (Wildman–Crippen LogP) is 1.81. The van der Waals surface area contributed by atoms with Crippen molar-refractivity contribution in [3.8, 4) is 0 Å². The van der Waals surface area contributed by atoms with Gasteiger partial charge in [-0.25, -0.2) is 0 Å². The number of allylic oxidation sites excluding steroid dienone is 1. The Hall–Kier alpha value is -2.32. The van der Waals surface area contributed by atoms with E-state index < -0.39 is 64.7 Å². The lowest BCUT2D eigenvalue weighted by Gasteiger charge is -2.48. The maximum absolute atomic E-state index is 13.6. The first-order chi connectivity index (χ1) is 14.7. The lowest BCUT2D eigenvalue weighted by molar-refractivity contribution is -0.155. The molecule has 6 atom stereocenters. The SMILES string of the molecule is CC(=O)O[C@H]1C[C@H]2[C@@H](OC(C)=O)/C=C3\C[C@](C)(C(=O)C(=O)C(=C1C)C2(C)C)[C@@H](O)C[C@@H]3O. The van der Waals surface area contributed by atoms with Crippen LogP contribution in [0, 0.1) is 16.7 Å². The molecule has 0 heterocycles. The van der Waals surface area contributed by atoms with Crippen LogP contribution in [-0.4, -0.2) is 58.1 Å². The topological polar surface area (TPSA) is 127 Å². The van der Waals surface area contributed by atoms with Crippen LogP contribution in [0.4, 0.5) is 0 Å². The number of ketones is 2. The molecular formula is C24H32O8. The first kappa shape index (κ1) is 24.3. The molecule has 3 rings (SSSR count). The third-order valence-corrected chi connectivity index (χ3v) is 7.44. The lowest BCUT2D eigenvalue weighted by atomic mass is 9.57. The monoisotopic (exact) mass is 448 g/mol. The van der Waals surface area contributed by atoms with Crippen LogP contribution in [-0.2, 0) is 28.7 Å². The summed E-state index contributed by atoms with van der Waals surface area (Å²) < 4.78 is 11.1. The van der Waals surface area contributed by atoms with Crippen molar-refractivity contribution >= 4 is 23.5 Å². The molecule has 32 heavy (non-hydrogen) atoms. The van der Waals surface area contributed by atoms with Gasteiger partial charge in [-0.05, 0) is 43.9 Å². The molecule has 1 saturated carbocycles. The average molecular weight is 449 g/mol. The average Bonchev–Trinajstić information content (AvgIpc) is 2.65. The zero-order valence-electron chi connectivity index (χ0n) is 19.4. The first-order valence-corrected chi connectivity index (χ1v) is 10.9. The zero-order chi connectivity index (χ0) is 24.2. The second-order valence-electron chi connectivity index (χ2n) is 10.1. The smallest absolute Gasteiger partial charge is 0.303 e. The first-order valence-electron chi connectivity index (χ1n) is 10.9. The van der Waals surface area contributed by atoms with Crippen LogP contribution in [0.3, 0.4) is 0 Å². The van der Waals surface area contributed by atoms with E-state index in [-0.39, 0.29) is 24.8 Å². The maximum atomic E-state index is 13.6. The number of esters is 2. The van der Waals surface area contributed by atoms with E-state index in [1.165, 1.54) is 20.8 Å². The van der Waals surface area contributed by atoms with Crippen molar-refractivity contribution in [3.05, 3.63) is 22.8 Å². The van der Waals surface area contributed by atoms with Gasteiger partial charge in [0, 0.05) is 37.2 Å². The van der Waals surface area contributed by atoms with Gasteiger partial charge >= 0.3 is 11.9 Å². The minimum Gasteiger partial charge on any atom is -0.458 e. The van der Waals surface area contributed by atoms with Crippen molar-refractivity contribution < 1.29 is 38.9 Å². The summed E-state index contributed by atoms with van der Waals surface area (Å²) >= 11 is 0. The lowest BCUT2D eigenvalue weighted by Crippen LogP contribution is -2.54. The molecule has 0 aromatic carbocycles. The van der Waals surface area contributed by atoms with E-state index in [0.29, 0.717) is 11.1 Å². The molecule has 0 aromatic heterocycles. The minimum absolute atomic E-state index is 0.0233. The van der Waals surface area contributed by atoms with Crippen LogP contribution in [0.2, 0.25) is 0 Å². The summed E-state index contributed by atoms with van der Waals surface area (Å²) in [6.45, 7) is 9.33. The zero-order valence-corrected chi connectivity index (χ0v) is 19.4. The largest absolute Gasteiger partial charge is 0.458 e. The second kappa shape index (κ2) is 8.23. The number of aliphatic hydroxyl groups is 2. The van der Waals surface area contributed by atoms with Gasteiger partial charge in [-0.2, -0.15) is 0 Å². The molecule has 2 N–H and O–H groups in total. The summed E-state index contributed by atoms with van der Waals surface area (Å²) in [5, 5.41) is 21.3. The van der Waals surface area contributed by atoms with E-state index in [1.807, 2.05) is 0 Å². The fourth-order valence-corrected chi connectivity index (χ4v) is 5.60. The third kappa shape index (κ3) is 3.94. The molecule has 0 saturated heterocycles. The Morgan fingerprint density at radius 3 is 2.19 bits per heavy atom. The Balaban J connectivity index is 2.30. The normalized spacial score (nSPS) is 38.5. The Kier molecular flexibility index (Phi) is 6.25. The van der Waals surface area contributed by atoms with Crippen molar-refractivity contribution in [3.63, 3.8) is 0 Å². The molecule has 8 nitrogen and oxygen atoms in total. The second-order valence-corrected chi connectivity index (χ2v) is 10.1. The third-order valence-electron chi connectivity index (χ3n) is 7.44. The molecule has 176 valence electrons. The van der Waals surface area contributed by atoms with Gasteiger partial charge < -0.3 is 19.7 Å². The number of aliphatic hydroxyl groups excluding tert-OH is 2. The summed E-state index contributed by atoms with van der Waals surface area (Å²) in [5.41, 5.74) is -1.20. The van der Waals surface area contributed by atoms with Crippen molar-refractivity contribution in [2.75, 3.05) is 0 Å². The number of carbonyl (C=O) groups excluding carboxylic acids is 4. The molecule has 0 spiro atoms. The Morgan fingerprint density at radius 1 is 1.03 bits per heavy atom. The molecule has 0 unspecified atom stereocenters. The fourth-order valence-electron chi connectivity index (χ4n) is 5.60. The standard InChI is InChI=1S/C24H32O8/c1-11-17(31-12(2)25)8-15-18(32-13(3)26)7-14-10-24(6,19(28)9-16(14)27)22(30)21(29)20(11)23(15,4)5/h7,15-19,27-28H,8-10H2,1-6H3/b14-7+/t15-,16-,17-,18-,19-,24-/m0/s1. The molecule has 4 bridgehead atoms. The molecule has 0 aliphatic heterocycles. The van der Waals surface area contributed by atoms with Gasteiger partial charge in [0.2, 0.25) is 11.6 Å². The van der Waals surface area contributed by atoms with Crippen molar-refractivity contribution in [1.29, 1.82) is 0 Å². The highest BCUT2D eigenvalue weighted by atomic mass is 16.5. The van der Waals surface area contributed by atoms with Gasteiger partial charge in [0.25, 0.3) is 0 Å². The number of hydrogen-bond acceptors (Lipinski definition) is 8. The van der Waals surface area contributed by atoms with Crippen LogP contribution < -0.4 is 0 Å². The number of Topliss-reactive ketones (excluding diaryl/α,β-unsaturated/α-hetero) is 2. The number of fused-ring (bicyclic) bond motifs is 4. The van der Waals surface area contributed by atoms with Crippen LogP contribution >= 0.6 is 0 Å². The Morgan fingerprint density at radius 2 is 1.62 bits per heavy atom. The van der Waals surface area contributed by atoms with Crippen LogP contribution in [0.25, 0.3) is 0 Å². The van der Waals surface area contributed by atoms with Crippen LogP contribution in [0.15, 0.2) is 22.8 Å². The van der Waals surface area contributed by atoms with Gasteiger partial charge in [0.15, 0.2) is 0 Å². The van der Waals surface area contributed by atoms with Crippen molar-refractivity contribution in [2.24, 2.45) is 16.7 Å². The van der Waals surface area contributed by atoms with Crippen molar-refractivity contribution in [1.82, 2.24) is 0 Å². The van der Waals surface area contributed by atoms with E-state index in [2.05, 4.69) is 0 Å². The maximum Gasteiger partial charge on any atom is 0.303 e. The van der Waals surface area contributed by atoms with Crippen LogP contribution in [0.1, 0.15) is 60.8 Å². The van der Waals surface area contributed by atoms with Crippen LogP contribution in [0.5, 0.6) is 0 Å². The van der Waals surface area contributed by atoms with Gasteiger partial charge in [-0.1, -0.05) is 13.8 Å². The predicted molar refractivity (Wildman–Crippen MR) is 113 cm³/mol. The number of rotatable bonds is 2. The summed E-state index contributed by atoms with van der Waals surface area (Å²) in [7, 11) is 0. The quantitative estimate of drug-likeness (QED) is 0.372. The van der Waals surface area contributed by atoms with Gasteiger partial charge in [0.05, 0.1) is 17.6 Å². The Bertz CT molecular complexity index is 926. The number of ether oxygens (including phenoxy) is 2. The highest BCUT2D eigenvalue weighted by Crippen LogP contribution is 2.51. The summed E-state index contributed by atoms with van der Waals surface area (Å²) in [6.07, 6.45) is -2.04. The molecule has 1 fully saturated rings. The molecule has 0 aromatic rings. The molecule has 3 aliphatic carbocycles.